The molecule has 2 aromatic rings. The first kappa shape index (κ1) is 21.8. The molecule has 3 N–H and O–H groups in total. The van der Waals surface area contributed by atoms with Gasteiger partial charge in [-0.25, -0.2) is 9.18 Å². The van der Waals surface area contributed by atoms with Crippen LogP contribution in [-0.4, -0.2) is 35.7 Å². The van der Waals surface area contributed by atoms with E-state index in [1.54, 1.807) is 0 Å². The van der Waals surface area contributed by atoms with E-state index in [2.05, 4.69) is 20.9 Å². The second kappa shape index (κ2) is 9.16. The van der Waals surface area contributed by atoms with Crippen LogP contribution < -0.4 is 21.9 Å². The molecule has 1 amide bonds. The van der Waals surface area contributed by atoms with Gasteiger partial charge in [-0.1, -0.05) is 13.8 Å². The van der Waals surface area contributed by atoms with E-state index in [0.29, 0.717) is 4.47 Å². The Kier molecular flexibility index (Phi) is 7.14. The number of nitrogens with zero attached hydrogens (tertiary/aromatic N) is 2. The number of nitrogens with two attached hydrogens (primary N) is 1. The lowest BCUT2D eigenvalue weighted by Gasteiger charge is -2.25. The highest BCUT2D eigenvalue weighted by molar-refractivity contribution is 9.10. The van der Waals surface area contributed by atoms with Gasteiger partial charge in [0.05, 0.1) is 12.2 Å². The maximum Gasteiger partial charge on any atom is 0.330 e. The molecule has 0 unspecified atom stereocenters. The molecule has 152 valence electrons. The summed E-state index contributed by atoms with van der Waals surface area (Å²) in [5.74, 6) is -1.33. The van der Waals surface area contributed by atoms with E-state index in [4.69, 9.17) is 10.5 Å². The molecule has 0 spiro atoms. The number of carbonyl (C=O) groups is 1. The van der Waals surface area contributed by atoms with E-state index in [9.17, 15) is 18.8 Å². The predicted molar refractivity (Wildman–Crippen MR) is 108 cm³/mol. The summed E-state index contributed by atoms with van der Waals surface area (Å²) in [5, 5.41) is 0. The zero-order chi connectivity index (χ0) is 21.0. The lowest BCUT2D eigenvalue weighted by molar-refractivity contribution is 0.0974. The third-order valence-electron chi connectivity index (χ3n) is 3.95. The number of methoxy groups -OCH3 is 1. The maximum atomic E-state index is 13.7. The molecule has 10 heteroatoms. The van der Waals surface area contributed by atoms with Crippen LogP contribution in [0.4, 0.5) is 15.9 Å². The van der Waals surface area contributed by atoms with Crippen molar-refractivity contribution in [3.63, 3.8) is 0 Å². The fraction of sp³-hybridized carbons (Fsp3) is 0.389. The van der Waals surface area contributed by atoms with Crippen molar-refractivity contribution in [1.29, 1.82) is 0 Å². The Morgan fingerprint density at radius 2 is 2.07 bits per heavy atom. The van der Waals surface area contributed by atoms with Crippen molar-refractivity contribution in [2.75, 3.05) is 30.9 Å². The Morgan fingerprint density at radius 1 is 1.39 bits per heavy atom. The smallest absolute Gasteiger partial charge is 0.330 e. The number of amides is 1. The first-order valence-corrected chi connectivity index (χ1v) is 9.35. The number of halogens is 2. The van der Waals surface area contributed by atoms with Gasteiger partial charge in [-0.15, -0.1) is 0 Å². The van der Waals surface area contributed by atoms with Crippen molar-refractivity contribution in [2.45, 2.75) is 20.4 Å². The van der Waals surface area contributed by atoms with Gasteiger partial charge in [0.2, 0.25) is 0 Å². The Bertz CT molecular complexity index is 987. The molecule has 0 saturated heterocycles. The van der Waals surface area contributed by atoms with Gasteiger partial charge >= 0.3 is 5.69 Å². The Labute approximate surface area is 169 Å². The summed E-state index contributed by atoms with van der Waals surface area (Å²) in [6.07, 6.45) is 0. The minimum atomic E-state index is -0.806. The number of benzene rings is 1. The van der Waals surface area contributed by atoms with Crippen LogP contribution in [0.1, 0.15) is 24.2 Å². The second-order valence-corrected chi connectivity index (χ2v) is 7.43. The van der Waals surface area contributed by atoms with Crippen LogP contribution in [0.2, 0.25) is 0 Å². The molecule has 0 radical (unpaired) electrons. The van der Waals surface area contributed by atoms with Gasteiger partial charge in [0.1, 0.15) is 11.6 Å². The molecule has 0 bridgehead atoms. The minimum Gasteiger partial charge on any atom is -0.383 e. The van der Waals surface area contributed by atoms with Crippen LogP contribution in [0.5, 0.6) is 0 Å². The fourth-order valence-corrected chi connectivity index (χ4v) is 3.11. The van der Waals surface area contributed by atoms with Crippen LogP contribution in [-0.2, 0) is 11.3 Å². The number of rotatable bonds is 7. The zero-order valence-corrected chi connectivity index (χ0v) is 17.4. The molecule has 0 saturated carbocycles. The summed E-state index contributed by atoms with van der Waals surface area (Å²) in [7, 11) is 1.44. The van der Waals surface area contributed by atoms with Crippen LogP contribution >= 0.6 is 15.9 Å². The summed E-state index contributed by atoms with van der Waals surface area (Å²) in [6, 6.07) is 3.65. The molecule has 0 aliphatic carbocycles. The number of hydrogen-bond donors (Lipinski definition) is 2. The van der Waals surface area contributed by atoms with Crippen molar-refractivity contribution < 1.29 is 13.9 Å². The van der Waals surface area contributed by atoms with E-state index < -0.39 is 23.0 Å². The summed E-state index contributed by atoms with van der Waals surface area (Å²) < 4.78 is 20.3. The minimum absolute atomic E-state index is 0.0107. The van der Waals surface area contributed by atoms with Crippen molar-refractivity contribution >= 4 is 33.3 Å². The molecule has 0 aliphatic heterocycles. The van der Waals surface area contributed by atoms with Crippen LogP contribution in [0, 0.1) is 11.7 Å². The van der Waals surface area contributed by atoms with Gasteiger partial charge in [-0.3, -0.25) is 24.0 Å². The SMILES string of the molecule is COCCN(C(=O)c1cc(F)ccc1Br)c1c(N)n(CC(C)C)c(=O)[nH]c1=O. The fourth-order valence-electron chi connectivity index (χ4n) is 2.69. The van der Waals surface area contributed by atoms with Gasteiger partial charge in [0.15, 0.2) is 5.69 Å². The molecule has 0 atom stereocenters. The highest BCUT2D eigenvalue weighted by Gasteiger charge is 2.26. The molecule has 2 rings (SSSR count). The highest BCUT2D eigenvalue weighted by atomic mass is 79.9. The number of aromatic amines is 1. The first-order valence-electron chi connectivity index (χ1n) is 8.55. The van der Waals surface area contributed by atoms with Gasteiger partial charge < -0.3 is 10.5 Å². The Balaban J connectivity index is 2.66. The standard InChI is InChI=1S/C18H22BrFN4O4/c1-10(2)9-24-15(21)14(16(25)22-18(24)27)23(6-7-28-3)17(26)12-8-11(20)4-5-13(12)19/h4-5,8,10H,6-7,9,21H2,1-3H3,(H,22,25,27). The normalized spacial score (nSPS) is 11.1. The van der Waals surface area contributed by atoms with Crippen molar-refractivity contribution in [2.24, 2.45) is 5.92 Å². The first-order chi connectivity index (χ1) is 13.2. The van der Waals surface area contributed by atoms with E-state index in [1.165, 1.54) is 23.8 Å². The molecule has 0 fully saturated rings. The van der Waals surface area contributed by atoms with E-state index >= 15 is 0 Å². The quantitative estimate of drug-likeness (QED) is 0.661. The Hall–Kier alpha value is -2.46. The number of ether oxygens (including phenoxy) is 1. The number of nitrogen functional groups attached to an aromatic ring is 1. The monoisotopic (exact) mass is 456 g/mol. The molecule has 28 heavy (non-hydrogen) atoms. The van der Waals surface area contributed by atoms with Crippen LogP contribution in [0.15, 0.2) is 32.3 Å². The zero-order valence-electron chi connectivity index (χ0n) is 15.8. The predicted octanol–water partition coefficient (Wildman–Crippen LogP) is 1.97. The number of nitrogens with one attached hydrogen (secondary N) is 1. The van der Waals surface area contributed by atoms with Crippen LogP contribution in [0.3, 0.4) is 0 Å². The maximum absolute atomic E-state index is 13.7. The van der Waals surface area contributed by atoms with Gasteiger partial charge in [0, 0.05) is 24.7 Å². The van der Waals surface area contributed by atoms with Crippen molar-refractivity contribution in [1.82, 2.24) is 9.55 Å². The summed E-state index contributed by atoms with van der Waals surface area (Å²) in [5.41, 5.74) is 4.47. The summed E-state index contributed by atoms with van der Waals surface area (Å²) in [6.45, 7) is 4.10. The molecular weight excluding hydrogens is 435 g/mol. The molecule has 1 heterocycles. The topological polar surface area (TPSA) is 110 Å². The third-order valence-corrected chi connectivity index (χ3v) is 4.65. The highest BCUT2D eigenvalue weighted by Crippen LogP contribution is 2.24. The lowest BCUT2D eigenvalue weighted by Crippen LogP contribution is -2.43. The lowest BCUT2D eigenvalue weighted by atomic mass is 10.1. The molecule has 1 aromatic carbocycles. The third kappa shape index (κ3) is 4.68. The molecule has 1 aromatic heterocycles. The number of H-pyrrole nitrogens is 1. The number of hydrogen-bond acceptors (Lipinski definition) is 5. The largest absolute Gasteiger partial charge is 0.383 e. The number of anilines is 2. The van der Waals surface area contributed by atoms with Crippen molar-refractivity contribution in [3.05, 3.63) is 54.9 Å². The van der Waals surface area contributed by atoms with E-state index in [1.807, 2.05) is 13.8 Å². The average Bonchev–Trinajstić information content (AvgIpc) is 2.62. The molecular formula is C18H22BrFN4O4. The van der Waals surface area contributed by atoms with Crippen molar-refractivity contribution in [3.8, 4) is 0 Å². The van der Waals surface area contributed by atoms with E-state index in [-0.39, 0.29) is 42.7 Å². The van der Waals surface area contributed by atoms with Crippen LogP contribution in [0.25, 0.3) is 0 Å². The Morgan fingerprint density at radius 3 is 2.68 bits per heavy atom. The second-order valence-electron chi connectivity index (χ2n) is 6.57. The summed E-state index contributed by atoms with van der Waals surface area (Å²) in [4.78, 5) is 41.1. The van der Waals surface area contributed by atoms with Gasteiger partial charge in [0.25, 0.3) is 11.5 Å². The van der Waals surface area contributed by atoms with Gasteiger partial charge in [-0.05, 0) is 40.0 Å². The number of carbonyl (C=O) groups excluding carboxylic acids is 1. The average molecular weight is 457 g/mol. The summed E-state index contributed by atoms with van der Waals surface area (Å²) >= 11 is 3.22. The molecule has 0 aliphatic rings. The van der Waals surface area contributed by atoms with E-state index in [0.717, 1.165) is 11.0 Å². The van der Waals surface area contributed by atoms with Gasteiger partial charge in [-0.2, -0.15) is 0 Å². The number of aromatic nitrogens is 2. The molecule has 8 nitrogen and oxygen atoms in total.